The molecule has 4 rings (SSSR count). The van der Waals surface area contributed by atoms with E-state index in [1.54, 1.807) is 0 Å². The Balaban J connectivity index is 0.00000992. The molecule has 0 fully saturated rings. The molecule has 0 aliphatic carbocycles. The molecule has 64 heavy (non-hydrogen) atoms. The summed E-state index contributed by atoms with van der Waals surface area (Å²) in [6.07, 6.45) is 0. The Morgan fingerprint density at radius 1 is 0.703 bits per heavy atom. The molecule has 0 amide bonds. The van der Waals surface area contributed by atoms with Crippen LogP contribution in [0.5, 0.6) is 17.2 Å². The molecule has 0 atom stereocenters. The topological polar surface area (TPSA) is 398 Å². The first-order valence-electron chi connectivity index (χ1n) is 15.4. The van der Waals surface area contributed by atoms with Crippen molar-refractivity contribution in [2.75, 3.05) is 44.7 Å². The van der Waals surface area contributed by atoms with Gasteiger partial charge in [0, 0.05) is 17.5 Å². The van der Waals surface area contributed by atoms with Crippen molar-refractivity contribution < 1.29 is 213 Å². The third-order valence-electron chi connectivity index (χ3n) is 7.38. The third kappa shape index (κ3) is 17.6. The predicted octanol–water partition coefficient (Wildman–Crippen LogP) is -10.0. The van der Waals surface area contributed by atoms with Crippen molar-refractivity contribution in [1.29, 1.82) is 0 Å². The first kappa shape index (κ1) is 63.6. The second-order valence-corrected chi connectivity index (χ2v) is 18.8. The molecular weight excluding hydrogens is 1030 g/mol. The fourth-order valence-corrected chi connectivity index (χ4v) is 9.03. The van der Waals surface area contributed by atoms with Gasteiger partial charge in [0.05, 0.1) is 82.4 Å². The standard InChI is InChI=1S/C28H29N5O21S6.4Na/c1-47-20-14-24(58(39,40)9-7-49-56-54-52-36)21(48-2)12-18(20)31-33-27-22(55-53-51-35)11-17-23(59(41,42)43)13-19(26(29)25(17)28(27)34)32-30-15-3-5-16(6-4-15)57(37,38)10-8-50-60(44,45)46;;;;/h3-6,11-14,34-36H,7-10,29H2,1-2H3,(H,41,42,43)(H,44,45,46);;;;/q;4*+1/p-4. The maximum absolute atomic E-state index is 13.1. The number of fused-ring (bicyclic) bond motifs is 1. The van der Waals surface area contributed by atoms with Crippen LogP contribution in [0.15, 0.2) is 88.6 Å². The van der Waals surface area contributed by atoms with E-state index in [2.05, 4.69) is 43.4 Å². The summed E-state index contributed by atoms with van der Waals surface area (Å²) in [5, 5.41) is 53.2. The summed E-state index contributed by atoms with van der Waals surface area (Å²) in [5.74, 6) is -2.98. The number of nitrogens with zero attached hydrogens (tertiary/aromatic N) is 4. The van der Waals surface area contributed by atoms with Gasteiger partial charge in [0.1, 0.15) is 43.6 Å². The van der Waals surface area contributed by atoms with Crippen LogP contribution in [0.4, 0.5) is 28.4 Å². The average Bonchev–Trinajstić information content (AvgIpc) is 3.18. The van der Waals surface area contributed by atoms with Gasteiger partial charge in [0.2, 0.25) is 10.4 Å². The van der Waals surface area contributed by atoms with Gasteiger partial charge in [-0.15, -0.1) is 19.7 Å². The van der Waals surface area contributed by atoms with Gasteiger partial charge in [-0.3, -0.25) is 18.4 Å². The number of aromatic hydroxyl groups is 1. The normalized spacial score (nSPS) is 12.0. The maximum atomic E-state index is 13.1. The van der Waals surface area contributed by atoms with E-state index in [4.69, 9.17) is 19.4 Å². The van der Waals surface area contributed by atoms with Gasteiger partial charge in [-0.25, -0.2) is 33.7 Å². The Morgan fingerprint density at radius 2 is 1.30 bits per heavy atom. The number of hydrogen-bond acceptors (Lipinski definition) is 28. The fraction of sp³-hybridized carbons (Fsp3) is 0.214. The number of sulfone groups is 2. The molecular formula is C28H25N5Na4O21S6. The third-order valence-corrected chi connectivity index (χ3v) is 13.1. The molecule has 0 saturated heterocycles. The van der Waals surface area contributed by atoms with Crippen LogP contribution in [0, 0.1) is 0 Å². The van der Waals surface area contributed by atoms with Crippen LogP contribution < -0.4 is 144 Å². The van der Waals surface area contributed by atoms with Crippen LogP contribution in [-0.2, 0) is 67.3 Å². The van der Waals surface area contributed by atoms with Crippen molar-refractivity contribution in [3.8, 4) is 17.2 Å². The van der Waals surface area contributed by atoms with Crippen LogP contribution in [0.25, 0.3) is 10.8 Å². The smallest absolute Gasteiger partial charge is 0.744 e. The zero-order valence-electron chi connectivity index (χ0n) is 33.9. The molecule has 0 bridgehead atoms. The van der Waals surface area contributed by atoms with Gasteiger partial charge in [0.25, 0.3) is 0 Å². The van der Waals surface area contributed by atoms with Gasteiger partial charge in [-0.2, -0.15) is 9.45 Å². The number of azo groups is 2. The number of nitrogens with two attached hydrogens (primary N) is 1. The summed E-state index contributed by atoms with van der Waals surface area (Å²) in [6.45, 7) is -1.42. The number of rotatable bonds is 22. The van der Waals surface area contributed by atoms with Crippen LogP contribution >= 0.6 is 24.4 Å². The molecule has 0 aromatic heterocycles. The number of nitrogen functional groups attached to an aromatic ring is 1. The van der Waals surface area contributed by atoms with E-state index >= 15 is 0 Å². The average molecular weight is 1050 g/mol. The number of phenolic OH excluding ortho intramolecular Hbond substituents is 1. The molecule has 0 aliphatic rings. The van der Waals surface area contributed by atoms with Crippen molar-refractivity contribution in [3.63, 3.8) is 0 Å². The Kier molecular flexibility index (Phi) is 28.2. The molecule has 0 unspecified atom stereocenters. The Bertz CT molecular complexity index is 2740. The van der Waals surface area contributed by atoms with E-state index in [9.17, 15) is 58.4 Å². The largest absolute Gasteiger partial charge is 1.00 e. The monoisotopic (exact) mass is 1050 g/mol. The quantitative estimate of drug-likeness (QED) is 0.00849. The fourth-order valence-electron chi connectivity index (χ4n) is 4.80. The van der Waals surface area contributed by atoms with Crippen molar-refractivity contribution in [2.45, 2.75) is 19.6 Å². The number of anilines is 1. The van der Waals surface area contributed by atoms with Gasteiger partial charge in [0.15, 0.2) is 37.7 Å². The van der Waals surface area contributed by atoms with Gasteiger partial charge >= 0.3 is 118 Å². The van der Waals surface area contributed by atoms with Gasteiger partial charge in [-0.05, 0) is 36.4 Å². The molecule has 0 saturated carbocycles. The predicted molar refractivity (Wildman–Crippen MR) is 196 cm³/mol. The minimum atomic E-state index is -5.42. The second-order valence-electron chi connectivity index (χ2n) is 10.9. The van der Waals surface area contributed by atoms with E-state index in [-0.39, 0.29) is 175 Å². The summed E-state index contributed by atoms with van der Waals surface area (Å²) in [6, 6.07) is 8.07. The first-order chi connectivity index (χ1) is 28.2. The molecule has 3 N–H and O–H groups in total. The number of hydrogen-bond donors (Lipinski definition) is 2. The summed E-state index contributed by atoms with van der Waals surface area (Å²) in [4.78, 5) is -2.12. The molecule has 0 spiro atoms. The SMILES string of the molecule is COc1cc(S(=O)(=O)CCOSOO[O-])c(OC)cc1N=Nc1c(SOO[O-])cc2c(S(=O)(=O)[O-])cc(N=Nc3ccc(S(=O)(=O)CCOS(=O)(=O)[O-])cc3)c(N)c2c1O.[Na+].[Na+].[Na+].[Na+]. The summed E-state index contributed by atoms with van der Waals surface area (Å²) >= 11 is 0.180. The van der Waals surface area contributed by atoms with Crippen molar-refractivity contribution >= 4 is 104 Å². The van der Waals surface area contributed by atoms with E-state index in [0.717, 1.165) is 56.7 Å². The summed E-state index contributed by atoms with van der Waals surface area (Å²) < 4.78 is 148. The van der Waals surface area contributed by atoms with Crippen LogP contribution in [0.2, 0.25) is 0 Å². The summed E-state index contributed by atoms with van der Waals surface area (Å²) in [5.41, 5.74) is 4.41. The molecule has 0 radical (unpaired) electrons. The molecule has 4 aromatic rings. The van der Waals surface area contributed by atoms with Crippen molar-refractivity contribution in [2.24, 2.45) is 20.5 Å². The molecule has 328 valence electrons. The Morgan fingerprint density at radius 3 is 1.86 bits per heavy atom. The van der Waals surface area contributed by atoms with E-state index in [1.165, 1.54) is 0 Å². The minimum Gasteiger partial charge on any atom is -0.744 e. The molecule has 0 aliphatic heterocycles. The van der Waals surface area contributed by atoms with E-state index < -0.39 is 108 Å². The van der Waals surface area contributed by atoms with Crippen LogP contribution in [0.3, 0.4) is 0 Å². The first-order valence-corrected chi connectivity index (χ1v) is 22.8. The van der Waals surface area contributed by atoms with Crippen molar-refractivity contribution in [1.82, 2.24) is 0 Å². The van der Waals surface area contributed by atoms with Gasteiger partial charge < -0.3 is 39.9 Å². The summed E-state index contributed by atoms with van der Waals surface area (Å²) in [7, 11) is -16.6. The zero-order chi connectivity index (χ0) is 44.5. The second kappa shape index (κ2) is 28.3. The zero-order valence-corrected chi connectivity index (χ0v) is 46.8. The number of phenols is 1. The van der Waals surface area contributed by atoms with Crippen LogP contribution in [0.1, 0.15) is 0 Å². The van der Waals surface area contributed by atoms with Gasteiger partial charge in [-0.1, -0.05) is 0 Å². The number of ether oxygens (including phenoxy) is 2. The number of benzene rings is 4. The molecule has 36 heteroatoms. The molecule has 0 heterocycles. The van der Waals surface area contributed by atoms with Crippen LogP contribution in [-0.4, -0.2) is 86.8 Å². The van der Waals surface area contributed by atoms with Crippen molar-refractivity contribution in [3.05, 3.63) is 48.5 Å². The maximum Gasteiger partial charge on any atom is 1.00 e. The molecule has 4 aromatic carbocycles. The Labute approximate surface area is 461 Å². The van der Waals surface area contributed by atoms with E-state index in [0.29, 0.717) is 6.07 Å². The molecule has 26 nitrogen and oxygen atoms in total. The minimum absolute atomic E-state index is 0. The van der Waals surface area contributed by atoms with E-state index in [1.807, 2.05) is 0 Å². The Hall–Kier alpha value is -0.360. The number of methoxy groups -OCH3 is 2.